The largest absolute Gasteiger partial charge is 0.481 e. The number of ether oxygens (including phenoxy) is 1. The number of aliphatic imine (C=N–C) groups is 1. The number of nitrogens with zero attached hydrogens (tertiary/aromatic N) is 1. The zero-order valence-corrected chi connectivity index (χ0v) is 14.4. The van der Waals surface area contributed by atoms with Crippen molar-refractivity contribution in [3.05, 3.63) is 46.7 Å². The monoisotopic (exact) mass is 409 g/mol. The van der Waals surface area contributed by atoms with E-state index in [2.05, 4.69) is 9.73 Å². The second-order valence-electron chi connectivity index (χ2n) is 5.92. The van der Waals surface area contributed by atoms with Crippen molar-refractivity contribution in [2.24, 2.45) is 10.9 Å². The fourth-order valence-corrected chi connectivity index (χ4v) is 3.00. The van der Waals surface area contributed by atoms with Gasteiger partial charge in [0.1, 0.15) is 5.92 Å². The van der Waals surface area contributed by atoms with E-state index in [9.17, 15) is 41.0 Å². The molecular weight excluding hydrogens is 396 g/mol. The van der Waals surface area contributed by atoms with Crippen LogP contribution in [-0.4, -0.2) is 36.0 Å². The molecule has 28 heavy (non-hydrogen) atoms. The number of carbonyl (C=O) groups is 2. The number of aliphatic carboxylic acids is 1. The predicted molar refractivity (Wildman–Crippen MR) is 83.5 cm³/mol. The summed E-state index contributed by atoms with van der Waals surface area (Å²) in [6.07, 6.45) is -9.98. The molecule has 2 rings (SSSR count). The number of rotatable bonds is 3. The Labute approximate surface area is 154 Å². The van der Waals surface area contributed by atoms with Gasteiger partial charge in [0.15, 0.2) is 5.70 Å². The summed E-state index contributed by atoms with van der Waals surface area (Å²) in [6.45, 7) is 0.999. The lowest BCUT2D eigenvalue weighted by atomic mass is 9.75. The van der Waals surface area contributed by atoms with Gasteiger partial charge >= 0.3 is 24.3 Å². The first-order chi connectivity index (χ1) is 12.8. The molecule has 1 N–H and O–H groups in total. The maximum atomic E-state index is 13.4. The average molecular weight is 409 g/mol. The third kappa shape index (κ3) is 4.02. The average Bonchev–Trinajstić information content (AvgIpc) is 2.58. The maximum Gasteiger partial charge on any atom is 0.433 e. The molecule has 1 aromatic rings. The highest BCUT2D eigenvalue weighted by atomic mass is 19.4. The van der Waals surface area contributed by atoms with Crippen LogP contribution >= 0.6 is 0 Å². The number of benzene rings is 1. The molecule has 0 saturated heterocycles. The predicted octanol–water partition coefficient (Wildman–Crippen LogP) is 3.95. The Morgan fingerprint density at radius 2 is 1.71 bits per heavy atom. The van der Waals surface area contributed by atoms with E-state index >= 15 is 0 Å². The summed E-state index contributed by atoms with van der Waals surface area (Å²) in [7, 11) is 0.771. The van der Waals surface area contributed by atoms with Crippen molar-refractivity contribution >= 4 is 17.7 Å². The Hall–Kier alpha value is -2.85. The Bertz CT molecular complexity index is 869. The SMILES string of the molecule is COC(=O)C1=C(C(F)(F)F)N=C(C)C(C(=O)O)C1c1cccc(C(F)(F)F)c1. The van der Waals surface area contributed by atoms with Crippen LogP contribution in [0.4, 0.5) is 26.3 Å². The molecule has 1 heterocycles. The van der Waals surface area contributed by atoms with E-state index < -0.39 is 64.2 Å². The molecule has 0 aliphatic carbocycles. The van der Waals surface area contributed by atoms with Gasteiger partial charge in [-0.05, 0) is 18.6 Å². The van der Waals surface area contributed by atoms with Gasteiger partial charge in [0.25, 0.3) is 0 Å². The van der Waals surface area contributed by atoms with E-state index in [1.807, 2.05) is 0 Å². The van der Waals surface area contributed by atoms with Gasteiger partial charge in [-0.2, -0.15) is 26.3 Å². The standard InChI is InChI=1S/C17H13F6NO4/c1-7-10(14(25)26)11(8-4-3-5-9(6-8)16(18,19)20)12(15(27)28-2)13(24-7)17(21,22)23/h3-6,10-11H,1-2H3,(H,25,26). The lowest BCUT2D eigenvalue weighted by Gasteiger charge is -2.31. The number of hydrogen-bond donors (Lipinski definition) is 1. The third-order valence-electron chi connectivity index (χ3n) is 4.15. The van der Waals surface area contributed by atoms with Crippen LogP contribution in [0.1, 0.15) is 24.0 Å². The summed E-state index contributed by atoms with van der Waals surface area (Å²) >= 11 is 0. The zero-order chi connectivity index (χ0) is 21.4. The van der Waals surface area contributed by atoms with Crippen LogP contribution in [0.2, 0.25) is 0 Å². The number of allylic oxidation sites excluding steroid dienone is 1. The molecule has 1 aliphatic rings. The molecule has 0 bridgehead atoms. The van der Waals surface area contributed by atoms with Gasteiger partial charge in [-0.3, -0.25) is 9.79 Å². The van der Waals surface area contributed by atoms with Crippen LogP contribution < -0.4 is 0 Å². The summed E-state index contributed by atoms with van der Waals surface area (Å²) in [6, 6.07) is 3.12. The molecule has 0 fully saturated rings. The van der Waals surface area contributed by atoms with E-state index in [1.54, 1.807) is 0 Å². The number of esters is 1. The highest BCUT2D eigenvalue weighted by Crippen LogP contribution is 2.45. The van der Waals surface area contributed by atoms with Gasteiger partial charge in [0.05, 0.1) is 18.2 Å². The van der Waals surface area contributed by atoms with Gasteiger partial charge < -0.3 is 9.84 Å². The molecule has 11 heteroatoms. The second kappa shape index (κ2) is 7.28. The van der Waals surface area contributed by atoms with Crippen molar-refractivity contribution < 1.29 is 45.8 Å². The first kappa shape index (κ1) is 21.5. The van der Waals surface area contributed by atoms with E-state index in [-0.39, 0.29) is 0 Å². The van der Waals surface area contributed by atoms with Gasteiger partial charge in [0.2, 0.25) is 0 Å². The van der Waals surface area contributed by atoms with E-state index in [1.165, 1.54) is 0 Å². The van der Waals surface area contributed by atoms with Gasteiger partial charge in [0, 0.05) is 11.6 Å². The molecule has 0 saturated carbocycles. The lowest BCUT2D eigenvalue weighted by Crippen LogP contribution is -2.37. The minimum Gasteiger partial charge on any atom is -0.481 e. The summed E-state index contributed by atoms with van der Waals surface area (Å²) in [5.74, 6) is -6.84. The minimum absolute atomic E-state index is 0.432. The molecule has 1 aliphatic heterocycles. The number of alkyl halides is 6. The van der Waals surface area contributed by atoms with E-state index in [0.717, 1.165) is 26.2 Å². The molecule has 2 atom stereocenters. The van der Waals surface area contributed by atoms with Crippen LogP contribution in [0, 0.1) is 5.92 Å². The first-order valence-corrected chi connectivity index (χ1v) is 7.63. The van der Waals surface area contributed by atoms with Gasteiger partial charge in [-0.15, -0.1) is 0 Å². The van der Waals surface area contributed by atoms with Crippen molar-refractivity contribution in [3.63, 3.8) is 0 Å². The number of carbonyl (C=O) groups excluding carboxylic acids is 1. The van der Waals surface area contributed by atoms with Crippen LogP contribution in [-0.2, 0) is 20.5 Å². The molecular formula is C17H13F6NO4. The molecule has 0 aromatic heterocycles. The topological polar surface area (TPSA) is 76.0 Å². The third-order valence-corrected chi connectivity index (χ3v) is 4.15. The van der Waals surface area contributed by atoms with E-state index in [4.69, 9.17) is 0 Å². The fourth-order valence-electron chi connectivity index (χ4n) is 3.00. The highest BCUT2D eigenvalue weighted by Gasteiger charge is 2.49. The molecule has 5 nitrogen and oxygen atoms in total. The Morgan fingerprint density at radius 1 is 1.11 bits per heavy atom. The molecule has 0 amide bonds. The Morgan fingerprint density at radius 3 is 2.18 bits per heavy atom. The maximum absolute atomic E-state index is 13.4. The Balaban J connectivity index is 2.85. The van der Waals surface area contributed by atoms with Crippen LogP contribution in [0.15, 0.2) is 40.5 Å². The lowest BCUT2D eigenvalue weighted by molar-refractivity contribution is -0.141. The quantitative estimate of drug-likeness (QED) is 0.606. The normalized spacial score (nSPS) is 20.6. The summed E-state index contributed by atoms with van der Waals surface area (Å²) in [5, 5.41) is 9.47. The van der Waals surface area contributed by atoms with E-state index in [0.29, 0.717) is 12.1 Å². The Kier molecular flexibility index (Phi) is 5.58. The van der Waals surface area contributed by atoms with Crippen molar-refractivity contribution in [2.75, 3.05) is 7.11 Å². The van der Waals surface area contributed by atoms with Gasteiger partial charge in [-0.25, -0.2) is 4.79 Å². The second-order valence-corrected chi connectivity index (χ2v) is 5.92. The number of methoxy groups -OCH3 is 1. The fraction of sp³-hybridized carbons (Fsp3) is 0.353. The smallest absolute Gasteiger partial charge is 0.433 e. The summed E-state index contributed by atoms with van der Waals surface area (Å²) < 4.78 is 83.8. The highest BCUT2D eigenvalue weighted by molar-refractivity contribution is 6.06. The zero-order valence-electron chi connectivity index (χ0n) is 14.4. The number of carboxylic acid groups (broad SMARTS) is 1. The molecule has 0 spiro atoms. The van der Waals surface area contributed by atoms with Crippen LogP contribution in [0.5, 0.6) is 0 Å². The van der Waals surface area contributed by atoms with Crippen molar-refractivity contribution in [2.45, 2.75) is 25.2 Å². The van der Waals surface area contributed by atoms with Crippen molar-refractivity contribution in [3.8, 4) is 0 Å². The number of carboxylic acids is 1. The molecule has 152 valence electrons. The molecule has 2 unspecified atom stereocenters. The van der Waals surface area contributed by atoms with Crippen LogP contribution in [0.3, 0.4) is 0 Å². The summed E-state index contributed by atoms with van der Waals surface area (Å²) in [4.78, 5) is 27.0. The van der Waals surface area contributed by atoms with Gasteiger partial charge in [-0.1, -0.05) is 18.2 Å². The number of hydrogen-bond acceptors (Lipinski definition) is 4. The van der Waals surface area contributed by atoms with Crippen molar-refractivity contribution in [1.82, 2.24) is 0 Å². The minimum atomic E-state index is -5.16. The molecule has 0 radical (unpaired) electrons. The summed E-state index contributed by atoms with van der Waals surface area (Å²) in [5.41, 5.74) is -5.00. The molecule has 1 aromatic carbocycles. The first-order valence-electron chi connectivity index (χ1n) is 7.63. The van der Waals surface area contributed by atoms with Crippen molar-refractivity contribution in [1.29, 1.82) is 0 Å². The number of halogens is 6. The van der Waals surface area contributed by atoms with Crippen LogP contribution in [0.25, 0.3) is 0 Å².